The van der Waals surface area contributed by atoms with E-state index >= 15 is 0 Å². The Labute approximate surface area is 310 Å². The first-order chi connectivity index (χ1) is 25.2. The molecule has 0 spiro atoms. The van der Waals surface area contributed by atoms with Crippen molar-refractivity contribution in [1.29, 1.82) is 0 Å². The second-order valence-electron chi connectivity index (χ2n) is 12.9. The van der Waals surface area contributed by atoms with Crippen LogP contribution >= 0.6 is 0 Å². The number of carbonyl (C=O) groups is 7. The van der Waals surface area contributed by atoms with Gasteiger partial charge in [-0.05, 0) is 50.2 Å². The molecule has 15 nitrogen and oxygen atoms in total. The number of hydrogen-bond acceptors (Lipinski definition) is 9. The quantitative estimate of drug-likeness (QED) is 0.0765. The minimum absolute atomic E-state index is 0.0120. The summed E-state index contributed by atoms with van der Waals surface area (Å²) in [5, 5.41) is 10.7. The summed E-state index contributed by atoms with van der Waals surface area (Å²) in [5.74, 6) is -4.18. The third-order valence-electron chi connectivity index (χ3n) is 7.83. The van der Waals surface area contributed by atoms with Crippen LogP contribution in [0.4, 0.5) is 4.79 Å². The maximum atomic E-state index is 13.9. The van der Waals surface area contributed by atoms with Crippen LogP contribution in [0.25, 0.3) is 0 Å². The number of alkyl carbamates (subject to hydrolysis) is 1. The summed E-state index contributed by atoms with van der Waals surface area (Å²) in [6.45, 7) is 6.96. The van der Waals surface area contributed by atoms with Gasteiger partial charge in [0.15, 0.2) is 0 Å². The number of ether oxygens (including phenoxy) is 2. The molecule has 0 heterocycles. The molecular weight excluding hydrogens is 684 g/mol. The Morgan fingerprint density at radius 2 is 1.21 bits per heavy atom. The lowest BCUT2D eigenvalue weighted by Crippen LogP contribution is -2.58. The van der Waals surface area contributed by atoms with E-state index in [0.29, 0.717) is 5.56 Å². The van der Waals surface area contributed by atoms with Gasteiger partial charge in [-0.15, -0.1) is 0 Å². The van der Waals surface area contributed by atoms with Gasteiger partial charge in [-0.1, -0.05) is 80.6 Å². The highest BCUT2D eigenvalue weighted by Gasteiger charge is 2.31. The molecule has 0 aliphatic carbocycles. The van der Waals surface area contributed by atoms with E-state index in [-0.39, 0.29) is 63.2 Å². The Hall–Kier alpha value is -5.73. The number of benzene rings is 2. The average Bonchev–Trinajstić information content (AvgIpc) is 3.11. The average molecular weight is 737 g/mol. The molecule has 0 saturated heterocycles. The molecule has 8 N–H and O–H groups in total. The van der Waals surface area contributed by atoms with Crippen LogP contribution in [0, 0.1) is 5.92 Å². The summed E-state index contributed by atoms with van der Waals surface area (Å²) in [5.41, 5.74) is 12.3. The SMILES string of the molecule is CCOC(=O)/C(C)=C/[C@H](CCC(N)=O)NC(=O)[C@H](CCC(N)=O)NC(=O)[C@H](Cc1ccccc1)NC(=O)[C@H](CC(C)C)NC(=O)OCc1ccccc1. The molecule has 0 unspecified atom stereocenters. The molecule has 0 aliphatic heterocycles. The van der Waals surface area contributed by atoms with Crippen LogP contribution in [0.3, 0.4) is 0 Å². The molecule has 0 saturated carbocycles. The maximum Gasteiger partial charge on any atom is 0.408 e. The molecule has 6 amide bonds. The van der Waals surface area contributed by atoms with E-state index < -0.39 is 65.8 Å². The topological polar surface area (TPSA) is 238 Å². The molecule has 2 aromatic carbocycles. The fourth-order valence-corrected chi connectivity index (χ4v) is 5.16. The fraction of sp³-hybridized carbons (Fsp3) is 0.447. The van der Waals surface area contributed by atoms with E-state index in [4.69, 9.17) is 20.9 Å². The van der Waals surface area contributed by atoms with Crippen LogP contribution in [0.5, 0.6) is 0 Å². The van der Waals surface area contributed by atoms with E-state index in [9.17, 15) is 33.6 Å². The molecule has 2 aromatic rings. The Morgan fingerprint density at radius 3 is 1.77 bits per heavy atom. The van der Waals surface area contributed by atoms with Crippen molar-refractivity contribution in [2.75, 3.05) is 6.61 Å². The Morgan fingerprint density at radius 1 is 0.679 bits per heavy atom. The van der Waals surface area contributed by atoms with Gasteiger partial charge in [-0.3, -0.25) is 24.0 Å². The normalized spacial score (nSPS) is 13.4. The zero-order valence-corrected chi connectivity index (χ0v) is 30.7. The van der Waals surface area contributed by atoms with Crippen LogP contribution in [-0.2, 0) is 51.3 Å². The number of hydrogen-bond donors (Lipinski definition) is 6. The lowest BCUT2D eigenvalue weighted by atomic mass is 10.0. The second kappa shape index (κ2) is 23.0. The molecule has 0 fully saturated rings. The van der Waals surface area contributed by atoms with Crippen LogP contribution in [-0.4, -0.2) is 72.4 Å². The van der Waals surface area contributed by atoms with Crippen molar-refractivity contribution in [3.8, 4) is 0 Å². The molecule has 2 rings (SSSR count). The fourth-order valence-electron chi connectivity index (χ4n) is 5.16. The summed E-state index contributed by atoms with van der Waals surface area (Å²) in [6, 6.07) is 13.3. The van der Waals surface area contributed by atoms with Gasteiger partial charge < -0.3 is 42.2 Å². The van der Waals surface area contributed by atoms with Gasteiger partial charge in [0.25, 0.3) is 0 Å². The van der Waals surface area contributed by atoms with E-state index in [1.54, 1.807) is 61.5 Å². The number of primary amides is 2. The van der Waals surface area contributed by atoms with Gasteiger partial charge in [-0.25, -0.2) is 9.59 Å². The second-order valence-corrected chi connectivity index (χ2v) is 12.9. The summed E-state index contributed by atoms with van der Waals surface area (Å²) >= 11 is 0. The van der Waals surface area contributed by atoms with Gasteiger partial charge >= 0.3 is 12.1 Å². The lowest BCUT2D eigenvalue weighted by molar-refractivity contribution is -0.138. The highest BCUT2D eigenvalue weighted by Crippen LogP contribution is 2.11. The summed E-state index contributed by atoms with van der Waals surface area (Å²) < 4.78 is 10.3. The molecule has 288 valence electrons. The third kappa shape index (κ3) is 17.4. The summed E-state index contributed by atoms with van der Waals surface area (Å²) in [7, 11) is 0. The minimum atomic E-state index is -1.32. The van der Waals surface area contributed by atoms with E-state index in [2.05, 4.69) is 21.3 Å². The van der Waals surface area contributed by atoms with Crippen molar-refractivity contribution in [2.24, 2.45) is 17.4 Å². The molecule has 4 atom stereocenters. The van der Waals surface area contributed by atoms with Crippen LogP contribution in [0.2, 0.25) is 0 Å². The highest BCUT2D eigenvalue weighted by molar-refractivity contribution is 5.94. The highest BCUT2D eigenvalue weighted by atomic mass is 16.5. The van der Waals surface area contributed by atoms with Crippen LogP contribution in [0.15, 0.2) is 72.3 Å². The van der Waals surface area contributed by atoms with Gasteiger partial charge in [0.2, 0.25) is 29.5 Å². The summed E-state index contributed by atoms with van der Waals surface area (Å²) in [4.78, 5) is 89.6. The smallest absolute Gasteiger partial charge is 0.408 e. The zero-order valence-electron chi connectivity index (χ0n) is 30.7. The number of amides is 6. The Bertz CT molecular complexity index is 1570. The standard InChI is InChI=1S/C38H52N6O9/c1-5-52-37(50)25(4)21-28(16-18-32(39)45)41-34(47)29(17-19-33(40)46)42-36(49)31(22-26-12-8-6-9-13-26)43-35(48)30(20-24(2)3)44-38(51)53-23-27-14-10-7-11-15-27/h6-15,21,24,28-31H,5,16-20,22-23H2,1-4H3,(H2,39,45)(H2,40,46)(H,41,47)(H,42,49)(H,43,48)(H,44,51)/b25-21+/t28-,29-,30-,31-/m0/s1. The largest absolute Gasteiger partial charge is 0.463 e. The molecule has 0 bridgehead atoms. The first-order valence-corrected chi connectivity index (χ1v) is 17.5. The monoisotopic (exact) mass is 736 g/mol. The Kier molecular flexibility index (Phi) is 18.8. The molecular formula is C38H52N6O9. The summed E-state index contributed by atoms with van der Waals surface area (Å²) in [6.07, 6.45) is 0.248. The zero-order chi connectivity index (χ0) is 39.3. The van der Waals surface area contributed by atoms with Crippen molar-refractivity contribution in [1.82, 2.24) is 21.3 Å². The van der Waals surface area contributed by atoms with E-state index in [1.165, 1.54) is 13.0 Å². The predicted octanol–water partition coefficient (Wildman–Crippen LogP) is 2.07. The number of nitrogens with two attached hydrogens (primary N) is 2. The maximum absolute atomic E-state index is 13.9. The molecule has 0 aromatic heterocycles. The van der Waals surface area contributed by atoms with Crippen molar-refractivity contribution >= 4 is 41.6 Å². The first kappa shape index (κ1) is 43.4. The van der Waals surface area contributed by atoms with E-state index in [1.807, 2.05) is 19.9 Å². The lowest BCUT2D eigenvalue weighted by Gasteiger charge is -2.27. The number of esters is 1. The van der Waals surface area contributed by atoms with Gasteiger partial charge in [0.05, 0.1) is 6.61 Å². The molecule has 53 heavy (non-hydrogen) atoms. The van der Waals surface area contributed by atoms with Crippen molar-refractivity contribution in [3.63, 3.8) is 0 Å². The van der Waals surface area contributed by atoms with Crippen LogP contribution < -0.4 is 32.7 Å². The minimum Gasteiger partial charge on any atom is -0.463 e. The van der Waals surface area contributed by atoms with Gasteiger partial charge in [0, 0.05) is 30.9 Å². The van der Waals surface area contributed by atoms with Crippen molar-refractivity contribution in [3.05, 3.63) is 83.4 Å². The van der Waals surface area contributed by atoms with Gasteiger partial charge in [-0.2, -0.15) is 0 Å². The number of carbonyl (C=O) groups excluding carboxylic acids is 7. The first-order valence-electron chi connectivity index (χ1n) is 17.5. The van der Waals surface area contributed by atoms with Crippen LogP contribution in [0.1, 0.15) is 70.9 Å². The van der Waals surface area contributed by atoms with E-state index in [0.717, 1.165) is 5.56 Å². The predicted molar refractivity (Wildman–Crippen MR) is 196 cm³/mol. The number of rotatable bonds is 22. The third-order valence-corrected chi connectivity index (χ3v) is 7.83. The molecule has 0 radical (unpaired) electrons. The number of nitrogens with one attached hydrogen (secondary N) is 4. The van der Waals surface area contributed by atoms with Crippen molar-refractivity contribution < 1.29 is 43.0 Å². The van der Waals surface area contributed by atoms with Crippen molar-refractivity contribution in [2.45, 2.75) is 97.0 Å². The van der Waals surface area contributed by atoms with Gasteiger partial charge in [0.1, 0.15) is 24.7 Å². The Balaban J connectivity index is 2.33. The molecule has 0 aliphatic rings. The molecule has 15 heteroatoms.